The van der Waals surface area contributed by atoms with Gasteiger partial charge in [0.15, 0.2) is 0 Å². The number of urea groups is 1. The SMILES string of the molecule is CCOc1cc(C(C)(C)C)ncc1C1=N[C@@](C)(c2ccc(Cl)cc2)[C@@](C)(c2ccc(Cl)cc2)N1C(=O)N1CCC(CC(=O)N2CCC(N(C)C)CC2)CC1. The van der Waals surface area contributed by atoms with Gasteiger partial charge in [-0.05, 0) is 102 Å². The second-order valence-electron chi connectivity index (χ2n) is 16.7. The van der Waals surface area contributed by atoms with Gasteiger partial charge in [0, 0.05) is 72.1 Å². The molecule has 0 unspecified atom stereocenters. The van der Waals surface area contributed by atoms with Gasteiger partial charge in [0.2, 0.25) is 5.91 Å². The molecule has 2 saturated heterocycles. The van der Waals surface area contributed by atoms with E-state index < -0.39 is 11.1 Å². The molecule has 0 bridgehead atoms. The number of benzene rings is 2. The monoisotopic (exact) mass is 774 g/mol. The highest BCUT2D eigenvalue weighted by atomic mass is 35.5. The number of nitrogens with zero attached hydrogens (tertiary/aromatic N) is 6. The van der Waals surface area contributed by atoms with Crippen LogP contribution in [0.25, 0.3) is 0 Å². The molecule has 6 rings (SSSR count). The second kappa shape index (κ2) is 15.8. The first kappa shape index (κ1) is 40.0. The van der Waals surface area contributed by atoms with E-state index in [0.717, 1.165) is 55.6 Å². The first-order valence-corrected chi connectivity index (χ1v) is 20.1. The van der Waals surface area contributed by atoms with Crippen LogP contribution in [0.5, 0.6) is 5.75 Å². The average Bonchev–Trinajstić information content (AvgIpc) is 3.39. The van der Waals surface area contributed by atoms with Gasteiger partial charge >= 0.3 is 6.03 Å². The Kier molecular flexibility index (Phi) is 11.7. The molecule has 3 aliphatic heterocycles. The van der Waals surface area contributed by atoms with E-state index in [1.807, 2.05) is 76.2 Å². The molecule has 54 heavy (non-hydrogen) atoms. The predicted octanol–water partition coefficient (Wildman–Crippen LogP) is 8.75. The van der Waals surface area contributed by atoms with E-state index in [-0.39, 0.29) is 23.3 Å². The van der Waals surface area contributed by atoms with Crippen molar-refractivity contribution >= 4 is 41.0 Å². The Labute approximate surface area is 331 Å². The minimum absolute atomic E-state index is 0.151. The zero-order chi connectivity index (χ0) is 39.0. The lowest BCUT2D eigenvalue weighted by Crippen LogP contribution is -2.59. The van der Waals surface area contributed by atoms with Crippen molar-refractivity contribution in [1.29, 1.82) is 0 Å². The van der Waals surface area contributed by atoms with Crippen LogP contribution in [0.2, 0.25) is 10.0 Å². The number of carbonyl (C=O) groups excluding carboxylic acids is 2. The zero-order valence-electron chi connectivity index (χ0n) is 33.2. The summed E-state index contributed by atoms with van der Waals surface area (Å²) in [4.78, 5) is 47.3. The third kappa shape index (κ3) is 7.74. The third-order valence-electron chi connectivity index (χ3n) is 12.0. The van der Waals surface area contributed by atoms with Crippen LogP contribution in [0.15, 0.2) is 65.8 Å². The molecule has 2 atom stereocenters. The van der Waals surface area contributed by atoms with Crippen molar-refractivity contribution in [2.24, 2.45) is 10.9 Å². The third-order valence-corrected chi connectivity index (χ3v) is 12.5. The summed E-state index contributed by atoms with van der Waals surface area (Å²) in [7, 11) is 4.23. The maximum atomic E-state index is 15.4. The highest BCUT2D eigenvalue weighted by molar-refractivity contribution is 6.30. The van der Waals surface area contributed by atoms with Gasteiger partial charge in [-0.25, -0.2) is 4.79 Å². The summed E-state index contributed by atoms with van der Waals surface area (Å²) in [6.07, 6.45) is 5.85. The fourth-order valence-corrected chi connectivity index (χ4v) is 8.59. The van der Waals surface area contributed by atoms with E-state index in [2.05, 4.69) is 53.6 Å². The Hall–Kier alpha value is -3.66. The maximum absolute atomic E-state index is 15.4. The molecule has 0 radical (unpaired) electrons. The molecule has 11 heteroatoms. The van der Waals surface area contributed by atoms with Crippen molar-refractivity contribution in [2.75, 3.05) is 46.9 Å². The second-order valence-corrected chi connectivity index (χ2v) is 17.5. The largest absolute Gasteiger partial charge is 0.493 e. The number of hydrogen-bond donors (Lipinski definition) is 0. The number of amidine groups is 1. The minimum atomic E-state index is -1.02. The van der Waals surface area contributed by atoms with Crippen molar-refractivity contribution in [2.45, 2.75) is 96.2 Å². The molecular formula is C43H56Cl2N6O3. The fraction of sp³-hybridized carbons (Fsp3) is 0.535. The number of hydrogen-bond acceptors (Lipinski definition) is 6. The van der Waals surface area contributed by atoms with E-state index in [4.69, 9.17) is 37.9 Å². The molecule has 0 aliphatic carbocycles. The summed E-state index contributed by atoms with van der Waals surface area (Å²) in [6.45, 7) is 15.6. The van der Waals surface area contributed by atoms with Gasteiger partial charge in [0.05, 0.1) is 12.2 Å². The normalized spacial score (nSPS) is 22.9. The first-order chi connectivity index (χ1) is 25.6. The lowest BCUT2D eigenvalue weighted by atomic mass is 9.71. The van der Waals surface area contributed by atoms with Crippen LogP contribution >= 0.6 is 23.2 Å². The smallest absolute Gasteiger partial charge is 0.326 e. The number of piperidine rings is 2. The molecular weight excluding hydrogens is 719 g/mol. The Morgan fingerprint density at radius 3 is 1.96 bits per heavy atom. The number of ether oxygens (including phenoxy) is 1. The predicted molar refractivity (Wildman–Crippen MR) is 218 cm³/mol. The summed E-state index contributed by atoms with van der Waals surface area (Å²) < 4.78 is 6.31. The number of aromatic nitrogens is 1. The number of pyridine rings is 1. The Morgan fingerprint density at radius 2 is 1.43 bits per heavy atom. The molecule has 1 aromatic heterocycles. The van der Waals surface area contributed by atoms with Crippen LogP contribution in [0.4, 0.5) is 4.79 Å². The number of rotatable bonds is 8. The highest BCUT2D eigenvalue weighted by Crippen LogP contribution is 2.54. The molecule has 2 fully saturated rings. The standard InChI is InChI=1S/C43H56Cl2N6O3/c1-9-54-36-27-37(41(2,3)4)46-28-35(36)39-47-42(5,30-10-14-32(44)15-11-30)43(6,31-12-16-33(45)17-13-31)51(39)40(53)50-22-18-29(19-23-50)26-38(52)49-24-20-34(21-25-49)48(7)8/h10-17,27-29,34H,9,18-26H2,1-8H3/t42-,43+/m0/s1. The van der Waals surface area contributed by atoms with Crippen molar-refractivity contribution in [3.8, 4) is 5.75 Å². The van der Waals surface area contributed by atoms with Crippen molar-refractivity contribution in [3.63, 3.8) is 0 Å². The van der Waals surface area contributed by atoms with Crippen LogP contribution in [0.1, 0.15) is 96.0 Å². The van der Waals surface area contributed by atoms with Crippen LogP contribution in [-0.2, 0) is 21.3 Å². The van der Waals surface area contributed by atoms with E-state index in [1.54, 1.807) is 6.20 Å². The van der Waals surface area contributed by atoms with Crippen LogP contribution < -0.4 is 4.74 Å². The Balaban J connectivity index is 1.37. The summed E-state index contributed by atoms with van der Waals surface area (Å²) in [5.74, 6) is 1.57. The molecule has 0 spiro atoms. The quantitative estimate of drug-likeness (QED) is 0.229. The molecule has 0 N–H and O–H groups in total. The van der Waals surface area contributed by atoms with Gasteiger partial charge in [-0.15, -0.1) is 0 Å². The van der Waals surface area contributed by atoms with Crippen LogP contribution in [0.3, 0.4) is 0 Å². The number of aliphatic imine (C=N–C) groups is 1. The molecule has 2 aromatic carbocycles. The number of carbonyl (C=O) groups is 2. The summed E-state index contributed by atoms with van der Waals surface area (Å²) in [5, 5.41) is 1.22. The van der Waals surface area contributed by atoms with Gasteiger partial charge < -0.3 is 19.4 Å². The Bertz CT molecular complexity index is 1840. The van der Waals surface area contributed by atoms with Crippen molar-refractivity contribution in [3.05, 3.63) is 93.2 Å². The first-order valence-electron chi connectivity index (χ1n) is 19.4. The van der Waals surface area contributed by atoms with E-state index >= 15 is 4.79 Å². The van der Waals surface area contributed by atoms with Gasteiger partial charge in [-0.2, -0.15) is 0 Å². The van der Waals surface area contributed by atoms with E-state index in [9.17, 15) is 4.79 Å². The van der Waals surface area contributed by atoms with Gasteiger partial charge in [-0.3, -0.25) is 19.7 Å². The summed E-state index contributed by atoms with van der Waals surface area (Å²) >= 11 is 12.9. The number of likely N-dealkylation sites (tertiary alicyclic amines) is 2. The summed E-state index contributed by atoms with van der Waals surface area (Å²) in [5.41, 5.74) is 1.11. The lowest BCUT2D eigenvalue weighted by molar-refractivity contribution is -0.134. The summed E-state index contributed by atoms with van der Waals surface area (Å²) in [6, 6.07) is 17.8. The highest BCUT2D eigenvalue weighted by Gasteiger charge is 2.60. The average molecular weight is 776 g/mol. The fourth-order valence-electron chi connectivity index (χ4n) is 8.33. The molecule has 9 nitrogen and oxygen atoms in total. The van der Waals surface area contributed by atoms with E-state index in [1.165, 1.54) is 0 Å². The maximum Gasteiger partial charge on any atom is 0.326 e. The van der Waals surface area contributed by atoms with Crippen LogP contribution in [0, 0.1) is 5.92 Å². The molecule has 3 aromatic rings. The van der Waals surface area contributed by atoms with E-state index in [0.29, 0.717) is 59.4 Å². The molecule has 3 amide bonds. The number of halogens is 2. The van der Waals surface area contributed by atoms with Crippen molar-refractivity contribution in [1.82, 2.24) is 24.6 Å². The van der Waals surface area contributed by atoms with Crippen LogP contribution in [-0.4, -0.2) is 95.3 Å². The zero-order valence-corrected chi connectivity index (χ0v) is 34.7. The van der Waals surface area contributed by atoms with Crippen molar-refractivity contribution < 1.29 is 14.3 Å². The molecule has 3 aliphatic rings. The minimum Gasteiger partial charge on any atom is -0.493 e. The van der Waals surface area contributed by atoms with Gasteiger partial charge in [-0.1, -0.05) is 68.2 Å². The van der Waals surface area contributed by atoms with Gasteiger partial charge in [0.25, 0.3) is 0 Å². The lowest BCUT2D eigenvalue weighted by Gasteiger charge is -2.47. The molecule has 290 valence electrons. The Morgan fingerprint density at radius 1 is 0.870 bits per heavy atom. The number of amides is 3. The molecule has 4 heterocycles. The topological polar surface area (TPSA) is 81.6 Å². The molecule has 0 saturated carbocycles. The van der Waals surface area contributed by atoms with Gasteiger partial charge in [0.1, 0.15) is 22.7 Å².